The van der Waals surface area contributed by atoms with Gasteiger partial charge in [-0.05, 0) is 38.3 Å². The van der Waals surface area contributed by atoms with E-state index in [2.05, 4.69) is 0 Å². The summed E-state index contributed by atoms with van der Waals surface area (Å²) in [6, 6.07) is 1.43. The third kappa shape index (κ3) is 2.78. The van der Waals surface area contributed by atoms with Gasteiger partial charge in [0.2, 0.25) is 5.91 Å². The van der Waals surface area contributed by atoms with Gasteiger partial charge in [0.05, 0.1) is 21.7 Å². The number of nitrogens with two attached hydrogens (primary N) is 1. The normalized spacial score (nSPS) is 13.8. The number of nitrogens with zero attached hydrogens (tertiary/aromatic N) is 1. The number of benzene rings is 1. The van der Waals surface area contributed by atoms with Crippen LogP contribution in [0.5, 0.6) is 0 Å². The number of aromatic carboxylic acids is 1. The Morgan fingerprint density at radius 1 is 1.32 bits per heavy atom. The molecule has 22 heavy (non-hydrogen) atoms. The number of carbonyl (C=O) groups excluding carboxylic acids is 2. The second kappa shape index (κ2) is 5.96. The van der Waals surface area contributed by atoms with Gasteiger partial charge in [-0.2, -0.15) is 0 Å². The van der Waals surface area contributed by atoms with Crippen LogP contribution in [0.4, 0.5) is 0 Å². The lowest BCUT2D eigenvalue weighted by atomic mass is 9.94. The third-order valence-electron chi connectivity index (χ3n) is 3.74. The number of amides is 2. The minimum Gasteiger partial charge on any atom is -0.478 e. The molecular formula is C15H17ClN2O4. The molecule has 0 radical (unpaired) electrons. The molecule has 2 rings (SSSR count). The summed E-state index contributed by atoms with van der Waals surface area (Å²) in [4.78, 5) is 37.6. The molecule has 0 aliphatic heterocycles. The lowest BCUT2D eigenvalue weighted by molar-refractivity contribution is 0.0673. The van der Waals surface area contributed by atoms with Crippen molar-refractivity contribution >= 4 is 29.4 Å². The highest BCUT2D eigenvalue weighted by Crippen LogP contribution is 2.32. The van der Waals surface area contributed by atoms with Gasteiger partial charge >= 0.3 is 5.97 Å². The first kappa shape index (κ1) is 16.3. The number of aryl methyl sites for hydroxylation is 1. The van der Waals surface area contributed by atoms with Crippen LogP contribution >= 0.6 is 11.6 Å². The highest BCUT2D eigenvalue weighted by atomic mass is 35.5. The van der Waals surface area contributed by atoms with Gasteiger partial charge in [-0.1, -0.05) is 11.6 Å². The van der Waals surface area contributed by atoms with Crippen LogP contribution < -0.4 is 5.73 Å². The van der Waals surface area contributed by atoms with Crippen LogP contribution in [0.15, 0.2) is 6.07 Å². The maximum Gasteiger partial charge on any atom is 0.338 e. The number of hydrogen-bond donors (Lipinski definition) is 2. The molecule has 1 saturated carbocycles. The minimum atomic E-state index is -1.36. The molecule has 0 saturated heterocycles. The van der Waals surface area contributed by atoms with Gasteiger partial charge in [0.25, 0.3) is 5.91 Å². The number of carboxylic acids is 1. The Morgan fingerprint density at radius 2 is 1.91 bits per heavy atom. The fourth-order valence-electron chi connectivity index (χ4n) is 2.61. The Kier molecular flexibility index (Phi) is 4.42. The maximum absolute atomic E-state index is 12.8. The van der Waals surface area contributed by atoms with Crippen molar-refractivity contribution in [2.24, 2.45) is 5.73 Å². The van der Waals surface area contributed by atoms with Crippen LogP contribution in [0.3, 0.4) is 0 Å². The summed E-state index contributed by atoms with van der Waals surface area (Å²) in [5.74, 6) is -2.71. The van der Waals surface area contributed by atoms with Gasteiger partial charge in [-0.25, -0.2) is 4.79 Å². The van der Waals surface area contributed by atoms with Gasteiger partial charge in [-0.15, -0.1) is 0 Å². The van der Waals surface area contributed by atoms with E-state index in [0.717, 1.165) is 12.8 Å². The molecule has 1 aromatic rings. The lowest BCUT2D eigenvalue weighted by Crippen LogP contribution is -2.36. The molecule has 1 aliphatic rings. The van der Waals surface area contributed by atoms with Gasteiger partial charge in [0.1, 0.15) is 0 Å². The van der Waals surface area contributed by atoms with E-state index in [1.807, 2.05) is 0 Å². The molecule has 0 bridgehead atoms. The van der Waals surface area contributed by atoms with E-state index in [4.69, 9.17) is 17.3 Å². The Balaban J connectivity index is 2.72. The van der Waals surface area contributed by atoms with Crippen molar-refractivity contribution in [2.75, 3.05) is 6.54 Å². The first-order valence-electron chi connectivity index (χ1n) is 6.96. The molecule has 7 heteroatoms. The molecule has 1 aromatic carbocycles. The topological polar surface area (TPSA) is 101 Å². The molecular weight excluding hydrogens is 308 g/mol. The van der Waals surface area contributed by atoms with Gasteiger partial charge < -0.3 is 15.7 Å². The molecule has 1 aliphatic carbocycles. The highest BCUT2D eigenvalue weighted by Gasteiger charge is 2.36. The summed E-state index contributed by atoms with van der Waals surface area (Å²) < 4.78 is 0. The second-order valence-electron chi connectivity index (χ2n) is 5.29. The Labute approximate surface area is 132 Å². The standard InChI is InChI=1S/C15H17ClN2O4/c1-3-18(8-4-5-8)14(20)12-10(13(17)19)7(2)6-9(16)11(12)15(21)22/h6,8H,3-5H2,1-2H3,(H2,17,19)(H,21,22). The quantitative estimate of drug-likeness (QED) is 0.865. The zero-order valence-electron chi connectivity index (χ0n) is 12.4. The van der Waals surface area contributed by atoms with Crippen LogP contribution in [-0.2, 0) is 0 Å². The van der Waals surface area contributed by atoms with E-state index in [0.29, 0.717) is 12.1 Å². The van der Waals surface area contributed by atoms with Crippen molar-refractivity contribution < 1.29 is 19.5 Å². The van der Waals surface area contributed by atoms with E-state index in [9.17, 15) is 19.5 Å². The zero-order valence-corrected chi connectivity index (χ0v) is 13.1. The Morgan fingerprint density at radius 3 is 2.32 bits per heavy atom. The molecule has 1 fully saturated rings. The average molecular weight is 325 g/mol. The van der Waals surface area contributed by atoms with Crippen molar-refractivity contribution in [3.63, 3.8) is 0 Å². The fraction of sp³-hybridized carbons (Fsp3) is 0.400. The summed E-state index contributed by atoms with van der Waals surface area (Å²) >= 11 is 5.99. The summed E-state index contributed by atoms with van der Waals surface area (Å²) in [5, 5.41) is 9.32. The largest absolute Gasteiger partial charge is 0.478 e. The van der Waals surface area contributed by atoms with E-state index in [-0.39, 0.29) is 27.8 Å². The van der Waals surface area contributed by atoms with E-state index in [1.54, 1.807) is 18.7 Å². The predicted molar refractivity (Wildman–Crippen MR) is 81.4 cm³/mol. The van der Waals surface area contributed by atoms with E-state index >= 15 is 0 Å². The first-order chi connectivity index (χ1) is 10.3. The van der Waals surface area contributed by atoms with E-state index < -0.39 is 17.8 Å². The van der Waals surface area contributed by atoms with Crippen molar-refractivity contribution in [3.8, 4) is 0 Å². The molecule has 6 nitrogen and oxygen atoms in total. The Bertz CT molecular complexity index is 630. The molecule has 2 amide bonds. The SMILES string of the molecule is CCN(C(=O)c1c(C(N)=O)c(C)cc(Cl)c1C(=O)O)C1CC1. The summed E-state index contributed by atoms with van der Waals surface area (Å²) in [6.07, 6.45) is 1.74. The first-order valence-corrected chi connectivity index (χ1v) is 7.34. The van der Waals surface area contributed by atoms with Crippen LogP contribution in [0, 0.1) is 6.92 Å². The zero-order chi connectivity index (χ0) is 16.6. The third-order valence-corrected chi connectivity index (χ3v) is 4.04. The van der Waals surface area contributed by atoms with Crippen LogP contribution in [-0.4, -0.2) is 40.4 Å². The number of halogens is 1. The number of hydrogen-bond acceptors (Lipinski definition) is 3. The summed E-state index contributed by atoms with van der Waals surface area (Å²) in [7, 11) is 0. The fourth-order valence-corrected chi connectivity index (χ4v) is 2.95. The molecule has 0 unspecified atom stereocenters. The smallest absolute Gasteiger partial charge is 0.338 e. The number of primary amides is 1. The molecule has 0 spiro atoms. The van der Waals surface area contributed by atoms with Crippen LogP contribution in [0.2, 0.25) is 5.02 Å². The summed E-state index contributed by atoms with van der Waals surface area (Å²) in [6.45, 7) is 3.80. The Hall–Kier alpha value is -2.08. The van der Waals surface area contributed by atoms with Crippen molar-refractivity contribution in [1.82, 2.24) is 4.90 Å². The monoisotopic (exact) mass is 324 g/mol. The van der Waals surface area contributed by atoms with Gasteiger partial charge in [-0.3, -0.25) is 9.59 Å². The maximum atomic E-state index is 12.8. The number of carboxylic acid groups (broad SMARTS) is 1. The van der Waals surface area contributed by atoms with Gasteiger partial charge in [0.15, 0.2) is 0 Å². The average Bonchev–Trinajstić information content (AvgIpc) is 3.21. The second-order valence-corrected chi connectivity index (χ2v) is 5.70. The van der Waals surface area contributed by atoms with Gasteiger partial charge in [0, 0.05) is 12.6 Å². The van der Waals surface area contributed by atoms with Crippen LogP contribution in [0.25, 0.3) is 0 Å². The molecule has 118 valence electrons. The molecule has 0 aromatic heterocycles. The molecule has 0 atom stereocenters. The van der Waals surface area contributed by atoms with Crippen molar-refractivity contribution in [2.45, 2.75) is 32.7 Å². The van der Waals surface area contributed by atoms with Crippen molar-refractivity contribution in [3.05, 3.63) is 33.3 Å². The van der Waals surface area contributed by atoms with Crippen LogP contribution in [0.1, 0.15) is 56.4 Å². The van der Waals surface area contributed by atoms with Crippen molar-refractivity contribution in [1.29, 1.82) is 0 Å². The molecule has 3 N–H and O–H groups in total. The highest BCUT2D eigenvalue weighted by molar-refractivity contribution is 6.35. The number of carbonyl (C=O) groups is 3. The number of rotatable bonds is 5. The molecule has 0 heterocycles. The minimum absolute atomic E-state index is 0.0779. The lowest BCUT2D eigenvalue weighted by Gasteiger charge is -2.23. The predicted octanol–water partition coefficient (Wildman–Crippen LogP) is 2.07. The summed E-state index contributed by atoms with van der Waals surface area (Å²) in [5.41, 5.74) is 5.09. The van der Waals surface area contributed by atoms with E-state index in [1.165, 1.54) is 6.07 Å².